The van der Waals surface area contributed by atoms with E-state index in [1.165, 1.54) is 22.3 Å². The number of hydrogen-bond acceptors (Lipinski definition) is 3. The van der Waals surface area contributed by atoms with Gasteiger partial charge in [-0.05, 0) is 22.3 Å². The molecule has 1 heterocycles. The molecule has 4 nitrogen and oxygen atoms in total. The number of piperazine rings is 1. The highest BCUT2D eigenvalue weighted by molar-refractivity contribution is 8.93. The van der Waals surface area contributed by atoms with Crippen LogP contribution in [0.2, 0.25) is 0 Å². The molecular formula is C19H21BrN2O2. The zero-order valence-corrected chi connectivity index (χ0v) is 15.1. The number of ether oxygens (including phenoxy) is 1. The summed E-state index contributed by atoms with van der Waals surface area (Å²) in [7, 11) is 0. The number of amides is 1. The molecule has 126 valence electrons. The average Bonchev–Trinajstić information content (AvgIpc) is 2.94. The van der Waals surface area contributed by atoms with Gasteiger partial charge in [0.05, 0.1) is 0 Å². The monoisotopic (exact) mass is 388 g/mol. The van der Waals surface area contributed by atoms with E-state index in [9.17, 15) is 4.79 Å². The molecule has 2 aliphatic rings. The van der Waals surface area contributed by atoms with Gasteiger partial charge in [-0.1, -0.05) is 48.5 Å². The molecule has 0 bridgehead atoms. The zero-order chi connectivity index (χ0) is 15.6. The molecular weight excluding hydrogens is 368 g/mol. The smallest absolute Gasteiger partial charge is 0.409 e. The van der Waals surface area contributed by atoms with Crippen LogP contribution in [0.15, 0.2) is 48.5 Å². The van der Waals surface area contributed by atoms with E-state index in [1.54, 1.807) is 4.90 Å². The number of nitrogens with one attached hydrogen (secondary N) is 1. The number of nitrogens with zero attached hydrogens (tertiary/aromatic N) is 1. The number of hydrogen-bond donors (Lipinski definition) is 1. The topological polar surface area (TPSA) is 41.6 Å². The lowest BCUT2D eigenvalue weighted by molar-refractivity contribution is 0.0953. The van der Waals surface area contributed by atoms with Crippen LogP contribution in [0.25, 0.3) is 11.1 Å². The molecule has 1 aliphatic heterocycles. The average molecular weight is 389 g/mol. The Labute approximate surface area is 152 Å². The highest BCUT2D eigenvalue weighted by Gasteiger charge is 2.29. The minimum absolute atomic E-state index is 0. The van der Waals surface area contributed by atoms with Crippen LogP contribution in [-0.2, 0) is 4.74 Å². The van der Waals surface area contributed by atoms with Crippen LogP contribution < -0.4 is 5.32 Å². The minimum Gasteiger partial charge on any atom is -0.448 e. The fourth-order valence-corrected chi connectivity index (χ4v) is 3.53. The lowest BCUT2D eigenvalue weighted by Crippen LogP contribution is -2.46. The summed E-state index contributed by atoms with van der Waals surface area (Å²) in [5, 5.41) is 3.24. The molecule has 1 saturated heterocycles. The normalized spacial score (nSPS) is 16.1. The number of halogens is 1. The van der Waals surface area contributed by atoms with E-state index in [-0.39, 0.29) is 29.0 Å². The fraction of sp³-hybridized carbons (Fsp3) is 0.316. The van der Waals surface area contributed by atoms with Crippen molar-refractivity contribution in [1.82, 2.24) is 10.2 Å². The summed E-state index contributed by atoms with van der Waals surface area (Å²) in [6.45, 7) is 3.51. The van der Waals surface area contributed by atoms with E-state index in [2.05, 4.69) is 53.8 Å². The predicted octanol–water partition coefficient (Wildman–Crippen LogP) is 3.42. The first-order valence-electron chi connectivity index (χ1n) is 8.15. The number of benzene rings is 2. The third-order valence-corrected chi connectivity index (χ3v) is 4.71. The molecule has 2 aromatic rings. The molecule has 0 saturated carbocycles. The maximum absolute atomic E-state index is 12.3. The Balaban J connectivity index is 0.00000169. The van der Waals surface area contributed by atoms with Crippen LogP contribution in [0, 0.1) is 0 Å². The first kappa shape index (κ1) is 17.0. The first-order valence-corrected chi connectivity index (χ1v) is 8.15. The van der Waals surface area contributed by atoms with Crippen molar-refractivity contribution in [3.8, 4) is 11.1 Å². The molecule has 0 radical (unpaired) electrons. The Kier molecular flexibility index (Phi) is 5.21. The van der Waals surface area contributed by atoms with E-state index in [4.69, 9.17) is 4.74 Å². The zero-order valence-electron chi connectivity index (χ0n) is 13.4. The fourth-order valence-electron chi connectivity index (χ4n) is 3.53. The van der Waals surface area contributed by atoms with Gasteiger partial charge >= 0.3 is 6.09 Å². The second-order valence-corrected chi connectivity index (χ2v) is 6.04. The van der Waals surface area contributed by atoms with Gasteiger partial charge in [0, 0.05) is 32.1 Å². The van der Waals surface area contributed by atoms with E-state index < -0.39 is 0 Å². The second kappa shape index (κ2) is 7.36. The molecule has 5 heteroatoms. The van der Waals surface area contributed by atoms with Gasteiger partial charge in [0.2, 0.25) is 0 Å². The van der Waals surface area contributed by atoms with Crippen molar-refractivity contribution < 1.29 is 9.53 Å². The Morgan fingerprint density at radius 2 is 1.54 bits per heavy atom. The lowest BCUT2D eigenvalue weighted by Gasteiger charge is -2.27. The van der Waals surface area contributed by atoms with Crippen molar-refractivity contribution in [3.05, 3.63) is 59.7 Å². The van der Waals surface area contributed by atoms with E-state index in [1.807, 2.05) is 0 Å². The summed E-state index contributed by atoms with van der Waals surface area (Å²) in [6, 6.07) is 16.8. The maximum Gasteiger partial charge on any atom is 0.409 e. The molecule has 0 atom stereocenters. The number of fused-ring (bicyclic) bond motifs is 3. The van der Waals surface area contributed by atoms with Crippen molar-refractivity contribution in [2.75, 3.05) is 32.8 Å². The SMILES string of the molecule is Br.O=C(OCC1c2ccccc2-c2ccccc21)N1CCNCC1. The van der Waals surface area contributed by atoms with Gasteiger partial charge in [-0.25, -0.2) is 4.79 Å². The van der Waals surface area contributed by atoms with Crippen LogP contribution in [0.1, 0.15) is 17.0 Å². The molecule has 2 aromatic carbocycles. The number of carbonyl (C=O) groups is 1. The lowest BCUT2D eigenvalue weighted by atomic mass is 9.98. The quantitative estimate of drug-likeness (QED) is 0.856. The van der Waals surface area contributed by atoms with Gasteiger partial charge in [0.25, 0.3) is 0 Å². The first-order chi connectivity index (χ1) is 11.3. The largest absolute Gasteiger partial charge is 0.448 e. The van der Waals surface area contributed by atoms with Crippen molar-refractivity contribution in [3.63, 3.8) is 0 Å². The summed E-state index contributed by atoms with van der Waals surface area (Å²) >= 11 is 0. The molecule has 0 spiro atoms. The third kappa shape index (κ3) is 3.06. The molecule has 1 N–H and O–H groups in total. The second-order valence-electron chi connectivity index (χ2n) is 6.04. The van der Waals surface area contributed by atoms with Crippen LogP contribution in [-0.4, -0.2) is 43.8 Å². The van der Waals surface area contributed by atoms with Gasteiger partial charge in [-0.2, -0.15) is 0 Å². The van der Waals surface area contributed by atoms with Gasteiger partial charge < -0.3 is 15.0 Å². The summed E-state index contributed by atoms with van der Waals surface area (Å²) in [5.74, 6) is 0.134. The van der Waals surface area contributed by atoms with Crippen molar-refractivity contribution in [2.24, 2.45) is 0 Å². The van der Waals surface area contributed by atoms with Gasteiger partial charge in [0.15, 0.2) is 0 Å². The maximum atomic E-state index is 12.3. The van der Waals surface area contributed by atoms with E-state index >= 15 is 0 Å². The third-order valence-electron chi connectivity index (χ3n) is 4.71. The van der Waals surface area contributed by atoms with Crippen molar-refractivity contribution in [1.29, 1.82) is 0 Å². The minimum atomic E-state index is -0.201. The Morgan fingerprint density at radius 1 is 1.00 bits per heavy atom. The Morgan fingerprint density at radius 3 is 2.12 bits per heavy atom. The standard InChI is InChI=1S/C19H20N2O2.BrH/c22-19(21-11-9-20-10-12-21)23-13-18-16-7-3-1-5-14(16)15-6-2-4-8-17(15)18;/h1-8,18,20H,9-13H2;1H. The summed E-state index contributed by atoms with van der Waals surface area (Å²) < 4.78 is 5.64. The van der Waals surface area contributed by atoms with Gasteiger partial charge in [0.1, 0.15) is 6.61 Å². The summed E-state index contributed by atoms with van der Waals surface area (Å²) in [6.07, 6.45) is -0.201. The Bertz CT molecular complexity index is 683. The van der Waals surface area contributed by atoms with Gasteiger partial charge in [-0.15, -0.1) is 17.0 Å². The van der Waals surface area contributed by atoms with Crippen LogP contribution >= 0.6 is 17.0 Å². The van der Waals surface area contributed by atoms with Crippen LogP contribution in [0.5, 0.6) is 0 Å². The molecule has 0 aromatic heterocycles. The van der Waals surface area contributed by atoms with Crippen molar-refractivity contribution in [2.45, 2.75) is 5.92 Å². The van der Waals surface area contributed by atoms with Crippen molar-refractivity contribution >= 4 is 23.1 Å². The highest BCUT2D eigenvalue weighted by Crippen LogP contribution is 2.44. The summed E-state index contributed by atoms with van der Waals surface area (Å²) in [5.41, 5.74) is 5.02. The van der Waals surface area contributed by atoms with E-state index in [0.717, 1.165) is 26.2 Å². The highest BCUT2D eigenvalue weighted by atomic mass is 79.9. The Hall–Kier alpha value is -1.85. The molecule has 24 heavy (non-hydrogen) atoms. The molecule has 1 aliphatic carbocycles. The molecule has 0 unspecified atom stereocenters. The van der Waals surface area contributed by atoms with Crippen LogP contribution in [0.4, 0.5) is 4.79 Å². The molecule has 1 fully saturated rings. The molecule has 4 rings (SSSR count). The number of rotatable bonds is 2. The predicted molar refractivity (Wildman–Crippen MR) is 99.8 cm³/mol. The summed E-state index contributed by atoms with van der Waals surface area (Å²) in [4.78, 5) is 14.0. The molecule has 1 amide bonds. The van der Waals surface area contributed by atoms with Gasteiger partial charge in [-0.3, -0.25) is 0 Å². The number of carbonyl (C=O) groups excluding carboxylic acids is 1. The van der Waals surface area contributed by atoms with Crippen LogP contribution in [0.3, 0.4) is 0 Å². The van der Waals surface area contributed by atoms with E-state index in [0.29, 0.717) is 6.61 Å².